The Bertz CT molecular complexity index is 409. The molecule has 0 N–H and O–H groups in total. The predicted molar refractivity (Wildman–Crippen MR) is 60.3 cm³/mol. The number of rotatable bonds is 4. The maximum absolute atomic E-state index is 11.2. The topological polar surface area (TPSA) is 63.4 Å². The van der Waals surface area contributed by atoms with Crippen LogP contribution in [0.4, 0.5) is 5.69 Å². The minimum Gasteiger partial charge on any atom is -0.340 e. The molecule has 1 aromatic rings. The van der Waals surface area contributed by atoms with Crippen LogP contribution < -0.4 is 0 Å². The minimum atomic E-state index is -0.464. The number of carbonyl (C=O) groups excluding carboxylic acids is 1. The van der Waals surface area contributed by atoms with E-state index in [-0.39, 0.29) is 24.0 Å². The van der Waals surface area contributed by atoms with Crippen molar-refractivity contribution in [2.45, 2.75) is 6.54 Å². The Hall–Kier alpha value is -1.62. The Morgan fingerprint density at radius 1 is 1.50 bits per heavy atom. The molecule has 0 aliphatic rings. The van der Waals surface area contributed by atoms with Crippen molar-refractivity contribution in [1.29, 1.82) is 0 Å². The largest absolute Gasteiger partial charge is 0.340 e. The van der Waals surface area contributed by atoms with Gasteiger partial charge in [-0.15, -0.1) is 11.6 Å². The zero-order valence-electron chi connectivity index (χ0n) is 8.72. The van der Waals surface area contributed by atoms with E-state index in [1.165, 1.54) is 11.0 Å². The van der Waals surface area contributed by atoms with E-state index >= 15 is 0 Å². The smallest absolute Gasteiger partial charge is 0.274 e. The average Bonchev–Trinajstić information content (AvgIpc) is 2.28. The van der Waals surface area contributed by atoms with Crippen molar-refractivity contribution in [2.75, 3.05) is 12.9 Å². The molecule has 0 heterocycles. The van der Waals surface area contributed by atoms with Gasteiger partial charge in [0.05, 0.1) is 11.5 Å². The number of nitrogens with zero attached hydrogens (tertiary/aromatic N) is 2. The summed E-state index contributed by atoms with van der Waals surface area (Å²) in [5.41, 5.74) is 0.505. The molecular formula is C10H11ClN2O3. The Kier molecular flexibility index (Phi) is 4.25. The number of nitro benzene ring substituents is 1. The summed E-state index contributed by atoms with van der Waals surface area (Å²) in [6.45, 7) is 0.183. The fraction of sp³-hybridized carbons (Fsp3) is 0.300. The van der Waals surface area contributed by atoms with Crippen LogP contribution in [0.1, 0.15) is 5.56 Å². The Morgan fingerprint density at radius 2 is 2.12 bits per heavy atom. The van der Waals surface area contributed by atoms with E-state index in [1.54, 1.807) is 25.2 Å². The van der Waals surface area contributed by atoms with E-state index in [0.29, 0.717) is 5.56 Å². The first-order valence-electron chi connectivity index (χ1n) is 4.58. The summed E-state index contributed by atoms with van der Waals surface area (Å²) in [7, 11) is 1.56. The molecule has 0 fully saturated rings. The van der Waals surface area contributed by atoms with Crippen molar-refractivity contribution >= 4 is 23.2 Å². The Balaban J connectivity index is 2.88. The Labute approximate surface area is 97.8 Å². The molecule has 0 atom stereocenters. The third-order valence-corrected chi connectivity index (χ3v) is 2.36. The molecule has 0 bridgehead atoms. The number of hydrogen-bond acceptors (Lipinski definition) is 3. The van der Waals surface area contributed by atoms with Crippen LogP contribution in [0.2, 0.25) is 0 Å². The van der Waals surface area contributed by atoms with E-state index in [9.17, 15) is 14.9 Å². The fourth-order valence-corrected chi connectivity index (χ4v) is 1.47. The van der Waals surface area contributed by atoms with Crippen molar-refractivity contribution in [1.82, 2.24) is 4.90 Å². The van der Waals surface area contributed by atoms with Crippen molar-refractivity contribution in [3.8, 4) is 0 Å². The predicted octanol–water partition coefficient (Wildman–Crippen LogP) is 1.79. The maximum Gasteiger partial charge on any atom is 0.274 e. The monoisotopic (exact) mass is 242 g/mol. The van der Waals surface area contributed by atoms with E-state index in [4.69, 9.17) is 11.6 Å². The number of carbonyl (C=O) groups is 1. The van der Waals surface area contributed by atoms with E-state index < -0.39 is 4.92 Å². The summed E-state index contributed by atoms with van der Waals surface area (Å²) >= 11 is 5.39. The van der Waals surface area contributed by atoms with Gasteiger partial charge in [0.25, 0.3) is 5.69 Å². The van der Waals surface area contributed by atoms with E-state index in [0.717, 1.165) is 0 Å². The number of hydrogen-bond donors (Lipinski definition) is 0. The van der Waals surface area contributed by atoms with Crippen LogP contribution in [0, 0.1) is 10.1 Å². The lowest BCUT2D eigenvalue weighted by Gasteiger charge is -2.15. The number of nitro groups is 1. The van der Waals surface area contributed by atoms with Gasteiger partial charge in [-0.25, -0.2) is 0 Å². The van der Waals surface area contributed by atoms with Crippen molar-refractivity contribution in [3.05, 3.63) is 39.9 Å². The van der Waals surface area contributed by atoms with Gasteiger partial charge in [0.1, 0.15) is 5.88 Å². The number of para-hydroxylation sites is 1. The summed E-state index contributed by atoms with van der Waals surface area (Å²) < 4.78 is 0. The molecule has 0 saturated carbocycles. The van der Waals surface area contributed by atoms with Gasteiger partial charge in [-0.05, 0) is 0 Å². The average molecular weight is 243 g/mol. The number of amides is 1. The third kappa shape index (κ3) is 2.93. The van der Waals surface area contributed by atoms with Gasteiger partial charge < -0.3 is 4.90 Å². The molecule has 0 aromatic heterocycles. The molecule has 86 valence electrons. The molecule has 1 rings (SSSR count). The van der Waals surface area contributed by atoms with E-state index in [2.05, 4.69) is 0 Å². The second kappa shape index (κ2) is 5.46. The molecule has 1 aromatic carbocycles. The van der Waals surface area contributed by atoms with Crippen molar-refractivity contribution in [3.63, 3.8) is 0 Å². The molecule has 0 spiro atoms. The summed E-state index contributed by atoms with van der Waals surface area (Å²) in [4.78, 5) is 22.8. The standard InChI is InChI=1S/C10H11ClN2O3/c1-12(10(14)6-11)7-8-4-2-3-5-9(8)13(15)16/h2-5H,6-7H2,1H3. The summed E-state index contributed by atoms with van der Waals surface area (Å²) in [6, 6.07) is 6.32. The zero-order chi connectivity index (χ0) is 12.1. The Morgan fingerprint density at radius 3 is 2.69 bits per heavy atom. The molecule has 0 saturated heterocycles. The lowest BCUT2D eigenvalue weighted by atomic mass is 10.1. The van der Waals surface area contributed by atoms with Crippen LogP contribution >= 0.6 is 11.6 Å². The molecule has 0 aliphatic heterocycles. The summed E-state index contributed by atoms with van der Waals surface area (Å²) in [5.74, 6) is -0.392. The second-order valence-corrected chi connectivity index (χ2v) is 3.54. The van der Waals surface area contributed by atoms with E-state index in [1.807, 2.05) is 0 Å². The van der Waals surface area contributed by atoms with Gasteiger partial charge in [-0.1, -0.05) is 18.2 Å². The summed E-state index contributed by atoms with van der Waals surface area (Å²) in [6.07, 6.45) is 0. The van der Waals surface area contributed by atoms with Gasteiger partial charge in [0.15, 0.2) is 0 Å². The summed E-state index contributed by atoms with van der Waals surface area (Å²) in [5, 5.41) is 10.7. The molecule has 5 nitrogen and oxygen atoms in total. The van der Waals surface area contributed by atoms with Crippen molar-refractivity contribution in [2.24, 2.45) is 0 Å². The van der Waals surface area contributed by atoms with Gasteiger partial charge >= 0.3 is 0 Å². The molecule has 16 heavy (non-hydrogen) atoms. The van der Waals surface area contributed by atoms with Crippen LogP contribution in [0.15, 0.2) is 24.3 Å². The van der Waals surface area contributed by atoms with Gasteiger partial charge in [0, 0.05) is 18.7 Å². The first kappa shape index (κ1) is 12.4. The zero-order valence-corrected chi connectivity index (χ0v) is 9.48. The molecule has 0 unspecified atom stereocenters. The van der Waals surface area contributed by atoms with Crippen LogP contribution in [-0.2, 0) is 11.3 Å². The van der Waals surface area contributed by atoms with Gasteiger partial charge in [-0.2, -0.15) is 0 Å². The minimum absolute atomic E-state index is 0.0109. The van der Waals surface area contributed by atoms with Crippen LogP contribution in [0.5, 0.6) is 0 Å². The number of benzene rings is 1. The number of alkyl halides is 1. The highest BCUT2D eigenvalue weighted by molar-refractivity contribution is 6.27. The first-order valence-corrected chi connectivity index (χ1v) is 5.12. The SMILES string of the molecule is CN(Cc1ccccc1[N+](=O)[O-])C(=O)CCl. The normalized spacial score (nSPS) is 9.88. The van der Waals surface area contributed by atoms with Crippen LogP contribution in [0.3, 0.4) is 0 Å². The second-order valence-electron chi connectivity index (χ2n) is 3.27. The van der Waals surface area contributed by atoms with Crippen LogP contribution in [0.25, 0.3) is 0 Å². The molecule has 1 amide bonds. The van der Waals surface area contributed by atoms with Gasteiger partial charge in [-0.3, -0.25) is 14.9 Å². The molecule has 0 aliphatic carbocycles. The highest BCUT2D eigenvalue weighted by Gasteiger charge is 2.15. The lowest BCUT2D eigenvalue weighted by molar-refractivity contribution is -0.385. The highest BCUT2D eigenvalue weighted by Crippen LogP contribution is 2.18. The fourth-order valence-electron chi connectivity index (χ4n) is 1.27. The third-order valence-electron chi connectivity index (χ3n) is 2.14. The lowest BCUT2D eigenvalue weighted by Crippen LogP contribution is -2.27. The quantitative estimate of drug-likeness (QED) is 0.459. The van der Waals surface area contributed by atoms with Gasteiger partial charge in [0.2, 0.25) is 5.91 Å². The van der Waals surface area contributed by atoms with Crippen LogP contribution in [-0.4, -0.2) is 28.7 Å². The van der Waals surface area contributed by atoms with Crippen molar-refractivity contribution < 1.29 is 9.72 Å². The highest BCUT2D eigenvalue weighted by atomic mass is 35.5. The first-order chi connectivity index (χ1) is 7.56. The molecular weight excluding hydrogens is 232 g/mol. The molecule has 0 radical (unpaired) electrons. The molecule has 6 heteroatoms. The maximum atomic E-state index is 11.2. The number of halogens is 1.